The van der Waals surface area contributed by atoms with Gasteiger partial charge in [-0.15, -0.1) is 5.10 Å². The summed E-state index contributed by atoms with van der Waals surface area (Å²) in [5, 5.41) is 7.89. The number of hydrogen-bond acceptors (Lipinski definition) is 10. The molecule has 0 unspecified atom stereocenters. The Kier molecular flexibility index (Phi) is 5.64. The van der Waals surface area contributed by atoms with Crippen LogP contribution in [0.1, 0.15) is 19.8 Å². The van der Waals surface area contributed by atoms with Crippen LogP contribution in [0.3, 0.4) is 0 Å². The first-order valence-corrected chi connectivity index (χ1v) is 9.04. The molecule has 10 nitrogen and oxygen atoms in total. The largest absolute Gasteiger partial charge is 0.468 e. The molecule has 0 amide bonds. The van der Waals surface area contributed by atoms with Crippen molar-refractivity contribution in [2.45, 2.75) is 24.9 Å². The summed E-state index contributed by atoms with van der Waals surface area (Å²) in [5.41, 5.74) is 0. The third-order valence-electron chi connectivity index (χ3n) is 3.56. The van der Waals surface area contributed by atoms with Crippen molar-refractivity contribution in [1.29, 1.82) is 0 Å². The van der Waals surface area contributed by atoms with Gasteiger partial charge in [-0.1, -0.05) is 11.8 Å². The number of ether oxygens (including phenoxy) is 1. The molecule has 0 saturated carbocycles. The topological polar surface area (TPSA) is 111 Å². The number of nitrogens with one attached hydrogen (secondary N) is 1. The molecule has 0 aliphatic carbocycles. The highest BCUT2D eigenvalue weighted by molar-refractivity contribution is 7.99. The Labute approximate surface area is 149 Å². The van der Waals surface area contributed by atoms with Crippen molar-refractivity contribution in [3.8, 4) is 5.95 Å². The second-order valence-corrected chi connectivity index (χ2v) is 6.26. The van der Waals surface area contributed by atoms with Crippen LogP contribution in [0.4, 0.5) is 11.9 Å². The molecule has 2 aromatic rings. The van der Waals surface area contributed by atoms with E-state index in [9.17, 15) is 4.79 Å². The molecule has 0 bridgehead atoms. The standard InChI is InChI=1S/C14H20N8O2S/c1-3-15-11-17-12(21-6-4-5-7-21)19-13(18-11)22-9-16-14(20-22)25-8-10(23)24-2/h9H,3-8H2,1-2H3,(H,15,17,18,19). The zero-order valence-corrected chi connectivity index (χ0v) is 15.0. The molecule has 1 aliphatic rings. The lowest BCUT2D eigenvalue weighted by Gasteiger charge is -2.16. The van der Waals surface area contributed by atoms with Crippen molar-refractivity contribution in [3.63, 3.8) is 0 Å². The molecule has 3 rings (SSSR count). The molecule has 0 radical (unpaired) electrons. The van der Waals surface area contributed by atoms with E-state index >= 15 is 0 Å². The van der Waals surface area contributed by atoms with Crippen LogP contribution in [-0.2, 0) is 9.53 Å². The van der Waals surface area contributed by atoms with Crippen LogP contribution in [0, 0.1) is 0 Å². The number of nitrogens with zero attached hydrogens (tertiary/aromatic N) is 7. The number of rotatable bonds is 7. The molecule has 0 atom stereocenters. The minimum atomic E-state index is -0.327. The van der Waals surface area contributed by atoms with E-state index in [4.69, 9.17) is 0 Å². The second-order valence-electron chi connectivity index (χ2n) is 5.32. The van der Waals surface area contributed by atoms with Crippen LogP contribution in [0.5, 0.6) is 0 Å². The normalized spacial score (nSPS) is 13.9. The summed E-state index contributed by atoms with van der Waals surface area (Å²) in [7, 11) is 1.35. The second kappa shape index (κ2) is 8.10. The Hall–Kier alpha value is -2.43. The quantitative estimate of drug-likeness (QED) is 0.558. The van der Waals surface area contributed by atoms with Gasteiger partial charge in [0.25, 0.3) is 5.95 Å². The Morgan fingerprint density at radius 1 is 1.28 bits per heavy atom. The van der Waals surface area contributed by atoms with E-state index in [1.54, 1.807) is 0 Å². The first-order valence-electron chi connectivity index (χ1n) is 8.06. The van der Waals surface area contributed by atoms with Gasteiger partial charge in [-0.3, -0.25) is 4.79 Å². The van der Waals surface area contributed by atoms with Gasteiger partial charge < -0.3 is 15.0 Å². The van der Waals surface area contributed by atoms with Gasteiger partial charge in [0.15, 0.2) is 0 Å². The van der Waals surface area contributed by atoms with Gasteiger partial charge in [0.05, 0.1) is 12.9 Å². The van der Waals surface area contributed by atoms with E-state index in [1.807, 2.05) is 6.92 Å². The molecule has 3 heterocycles. The summed E-state index contributed by atoms with van der Waals surface area (Å²) in [6.07, 6.45) is 3.79. The van der Waals surface area contributed by atoms with Crippen molar-refractivity contribution in [2.75, 3.05) is 42.7 Å². The Balaban J connectivity index is 1.82. The first kappa shape index (κ1) is 17.4. The minimum absolute atomic E-state index is 0.152. The zero-order chi connectivity index (χ0) is 17.6. The minimum Gasteiger partial charge on any atom is -0.468 e. The molecule has 25 heavy (non-hydrogen) atoms. The van der Waals surface area contributed by atoms with Crippen molar-refractivity contribution >= 4 is 29.6 Å². The molecular weight excluding hydrogens is 344 g/mol. The maximum Gasteiger partial charge on any atom is 0.316 e. The molecule has 0 spiro atoms. The van der Waals surface area contributed by atoms with E-state index < -0.39 is 0 Å². The summed E-state index contributed by atoms with van der Waals surface area (Å²) < 4.78 is 6.10. The number of hydrogen-bond donors (Lipinski definition) is 1. The van der Waals surface area contributed by atoms with E-state index in [0.717, 1.165) is 25.9 Å². The van der Waals surface area contributed by atoms with Gasteiger partial charge >= 0.3 is 5.97 Å². The van der Waals surface area contributed by atoms with Gasteiger partial charge in [-0.05, 0) is 19.8 Å². The predicted molar refractivity (Wildman–Crippen MR) is 93.1 cm³/mol. The van der Waals surface area contributed by atoms with E-state index in [-0.39, 0.29) is 11.7 Å². The smallest absolute Gasteiger partial charge is 0.316 e. The highest BCUT2D eigenvalue weighted by Gasteiger charge is 2.18. The third kappa shape index (κ3) is 4.35. The summed E-state index contributed by atoms with van der Waals surface area (Å²) in [6.45, 7) is 4.57. The molecule has 0 aromatic carbocycles. The molecule has 1 saturated heterocycles. The van der Waals surface area contributed by atoms with Gasteiger partial charge in [0.1, 0.15) is 6.33 Å². The zero-order valence-electron chi connectivity index (χ0n) is 14.2. The fraction of sp³-hybridized carbons (Fsp3) is 0.571. The van der Waals surface area contributed by atoms with Crippen molar-refractivity contribution in [2.24, 2.45) is 0 Å². The van der Waals surface area contributed by atoms with E-state index in [2.05, 4.69) is 40.0 Å². The first-order chi connectivity index (χ1) is 12.2. The average molecular weight is 364 g/mol. The van der Waals surface area contributed by atoms with E-state index in [0.29, 0.717) is 29.5 Å². The Morgan fingerprint density at radius 3 is 2.76 bits per heavy atom. The molecule has 2 aromatic heterocycles. The SMILES string of the molecule is CCNc1nc(N2CCCC2)nc(-n2cnc(SCC(=O)OC)n2)n1. The number of esters is 1. The van der Waals surface area contributed by atoms with Crippen molar-refractivity contribution < 1.29 is 9.53 Å². The fourth-order valence-electron chi connectivity index (χ4n) is 2.34. The maximum atomic E-state index is 11.2. The van der Waals surface area contributed by atoms with Crippen LogP contribution in [0.2, 0.25) is 0 Å². The number of carbonyl (C=O) groups excluding carboxylic acids is 1. The number of methoxy groups -OCH3 is 1. The van der Waals surface area contributed by atoms with Crippen molar-refractivity contribution in [3.05, 3.63) is 6.33 Å². The lowest BCUT2D eigenvalue weighted by Crippen LogP contribution is -2.22. The van der Waals surface area contributed by atoms with Crippen molar-refractivity contribution in [1.82, 2.24) is 29.7 Å². The van der Waals surface area contributed by atoms with E-state index in [1.165, 1.54) is 29.9 Å². The van der Waals surface area contributed by atoms with Crippen LogP contribution in [0.15, 0.2) is 11.5 Å². The Morgan fingerprint density at radius 2 is 2.04 bits per heavy atom. The monoisotopic (exact) mass is 364 g/mol. The Bertz CT molecular complexity index is 731. The lowest BCUT2D eigenvalue weighted by molar-refractivity contribution is -0.137. The number of anilines is 2. The van der Waals surface area contributed by atoms with Gasteiger partial charge in [-0.25, -0.2) is 4.98 Å². The lowest BCUT2D eigenvalue weighted by atomic mass is 10.4. The molecular formula is C14H20N8O2S. The van der Waals surface area contributed by atoms with Gasteiger partial charge in [-0.2, -0.15) is 19.6 Å². The maximum absolute atomic E-state index is 11.2. The fourth-order valence-corrected chi connectivity index (χ4v) is 2.98. The predicted octanol–water partition coefficient (Wildman–Crippen LogP) is 0.749. The number of carbonyl (C=O) groups is 1. The van der Waals surface area contributed by atoms with Crippen LogP contribution >= 0.6 is 11.8 Å². The van der Waals surface area contributed by atoms with Crippen LogP contribution in [-0.4, -0.2) is 68.2 Å². The van der Waals surface area contributed by atoms with Gasteiger partial charge in [0, 0.05) is 19.6 Å². The summed E-state index contributed by atoms with van der Waals surface area (Å²) in [4.78, 5) is 30.9. The number of aromatic nitrogens is 6. The third-order valence-corrected chi connectivity index (χ3v) is 4.38. The summed E-state index contributed by atoms with van der Waals surface area (Å²) >= 11 is 1.20. The van der Waals surface area contributed by atoms with Crippen LogP contribution < -0.4 is 10.2 Å². The van der Waals surface area contributed by atoms with Gasteiger partial charge in [0.2, 0.25) is 17.1 Å². The molecule has 134 valence electrons. The summed E-state index contributed by atoms with van der Waals surface area (Å²) in [6, 6.07) is 0. The highest BCUT2D eigenvalue weighted by Crippen LogP contribution is 2.19. The summed E-state index contributed by atoms with van der Waals surface area (Å²) in [5.74, 6) is 1.36. The molecule has 1 aliphatic heterocycles. The molecule has 1 N–H and O–H groups in total. The van der Waals surface area contributed by atoms with Crippen LogP contribution in [0.25, 0.3) is 5.95 Å². The average Bonchev–Trinajstić information content (AvgIpc) is 3.31. The molecule has 1 fully saturated rings. The highest BCUT2D eigenvalue weighted by atomic mass is 32.2. The number of thioether (sulfide) groups is 1. The molecule has 11 heteroatoms.